The molecule has 2 aromatic rings. The van der Waals surface area contributed by atoms with Gasteiger partial charge in [-0.25, -0.2) is 4.98 Å². The summed E-state index contributed by atoms with van der Waals surface area (Å²) in [5, 5.41) is 3.13. The van der Waals surface area contributed by atoms with Crippen molar-refractivity contribution in [2.45, 2.75) is 0 Å². The summed E-state index contributed by atoms with van der Waals surface area (Å²) in [7, 11) is 2.14. The molecule has 0 atom stereocenters. The Kier molecular flexibility index (Phi) is 3.90. The third kappa shape index (κ3) is 3.06. The molecule has 2 N–H and O–H groups in total. The van der Waals surface area contributed by atoms with Crippen molar-refractivity contribution in [3.8, 4) is 11.3 Å². The molecule has 1 aliphatic rings. The van der Waals surface area contributed by atoms with Gasteiger partial charge < -0.3 is 15.5 Å². The third-order valence-corrected chi connectivity index (χ3v) is 4.63. The van der Waals surface area contributed by atoms with Crippen molar-refractivity contribution in [3.63, 3.8) is 0 Å². The predicted molar refractivity (Wildman–Crippen MR) is 85.8 cm³/mol. The molecule has 110 valence electrons. The van der Waals surface area contributed by atoms with E-state index in [1.165, 1.54) is 0 Å². The Morgan fingerprint density at radius 3 is 2.48 bits per heavy atom. The maximum atomic E-state index is 11.1. The van der Waals surface area contributed by atoms with E-state index in [2.05, 4.69) is 22.2 Å². The first-order valence-electron chi connectivity index (χ1n) is 6.93. The number of rotatable bonds is 3. The van der Waals surface area contributed by atoms with E-state index in [4.69, 9.17) is 10.7 Å². The molecule has 1 aromatic heterocycles. The minimum absolute atomic E-state index is 0.405. The Morgan fingerprint density at radius 1 is 1.19 bits per heavy atom. The molecule has 1 aliphatic heterocycles. The third-order valence-electron chi connectivity index (χ3n) is 3.73. The van der Waals surface area contributed by atoms with Crippen LogP contribution >= 0.6 is 11.3 Å². The van der Waals surface area contributed by atoms with Crippen LogP contribution in [0.15, 0.2) is 29.6 Å². The number of nitrogens with two attached hydrogens (primary N) is 1. The number of amides is 1. The van der Waals surface area contributed by atoms with Crippen molar-refractivity contribution in [1.29, 1.82) is 0 Å². The molecule has 0 unspecified atom stereocenters. The summed E-state index contributed by atoms with van der Waals surface area (Å²) in [6.07, 6.45) is 0. The number of benzene rings is 1. The van der Waals surface area contributed by atoms with Gasteiger partial charge in [0, 0.05) is 42.7 Å². The summed E-state index contributed by atoms with van der Waals surface area (Å²) in [6.45, 7) is 4.18. The lowest BCUT2D eigenvalue weighted by Gasteiger charge is -2.32. The molecule has 21 heavy (non-hydrogen) atoms. The fraction of sp³-hybridized carbons (Fsp3) is 0.333. The average molecular weight is 302 g/mol. The molecule has 6 heteroatoms. The normalized spacial score (nSPS) is 16.1. The zero-order valence-corrected chi connectivity index (χ0v) is 12.8. The van der Waals surface area contributed by atoms with Gasteiger partial charge in [0.2, 0.25) is 5.91 Å². The predicted octanol–water partition coefficient (Wildman–Crippen LogP) is 1.66. The van der Waals surface area contributed by atoms with E-state index < -0.39 is 5.91 Å². The fourth-order valence-electron chi connectivity index (χ4n) is 2.35. The van der Waals surface area contributed by atoms with Gasteiger partial charge in [0.15, 0.2) is 5.13 Å². The quantitative estimate of drug-likeness (QED) is 0.936. The van der Waals surface area contributed by atoms with Crippen molar-refractivity contribution in [2.24, 2.45) is 5.73 Å². The second-order valence-corrected chi connectivity index (χ2v) is 6.08. The highest BCUT2D eigenvalue weighted by molar-refractivity contribution is 7.14. The molecule has 1 aromatic carbocycles. The average Bonchev–Trinajstić information content (AvgIpc) is 2.98. The molecule has 0 radical (unpaired) electrons. The van der Waals surface area contributed by atoms with Gasteiger partial charge >= 0.3 is 0 Å². The maximum Gasteiger partial charge on any atom is 0.248 e. The monoisotopic (exact) mass is 302 g/mol. The minimum Gasteiger partial charge on any atom is -0.366 e. The number of carbonyl (C=O) groups excluding carboxylic acids is 1. The lowest BCUT2D eigenvalue weighted by atomic mass is 10.1. The van der Waals surface area contributed by atoms with Gasteiger partial charge in [0.25, 0.3) is 0 Å². The highest BCUT2D eigenvalue weighted by atomic mass is 32.1. The SMILES string of the molecule is CN1CCN(c2nc(-c3ccc(C(N)=O)cc3)cs2)CC1. The first kappa shape index (κ1) is 14.0. The number of likely N-dealkylation sites (N-methyl/N-ethyl adjacent to an activating group) is 1. The molecule has 2 heterocycles. The zero-order chi connectivity index (χ0) is 14.8. The summed E-state index contributed by atoms with van der Waals surface area (Å²) in [5.74, 6) is -0.405. The van der Waals surface area contributed by atoms with Gasteiger partial charge in [-0.05, 0) is 19.2 Å². The molecule has 1 saturated heterocycles. The number of carbonyl (C=O) groups is 1. The number of piperazine rings is 1. The van der Waals surface area contributed by atoms with Gasteiger partial charge in [0.1, 0.15) is 0 Å². The first-order chi connectivity index (χ1) is 10.1. The van der Waals surface area contributed by atoms with Crippen LogP contribution in [0.25, 0.3) is 11.3 Å². The summed E-state index contributed by atoms with van der Waals surface area (Å²) in [5.41, 5.74) is 7.73. The number of hydrogen-bond acceptors (Lipinski definition) is 5. The summed E-state index contributed by atoms with van der Waals surface area (Å²) < 4.78 is 0. The summed E-state index contributed by atoms with van der Waals surface area (Å²) in [4.78, 5) is 20.4. The number of aromatic nitrogens is 1. The standard InChI is InChI=1S/C15H18N4OS/c1-18-6-8-19(9-7-18)15-17-13(10-21-15)11-2-4-12(5-3-11)14(16)20/h2-5,10H,6-9H2,1H3,(H2,16,20). The van der Waals surface area contributed by atoms with Gasteiger partial charge in [-0.15, -0.1) is 11.3 Å². The van der Waals surface area contributed by atoms with E-state index in [1.54, 1.807) is 23.5 Å². The molecule has 0 spiro atoms. The Balaban J connectivity index is 1.76. The smallest absolute Gasteiger partial charge is 0.248 e. The molecule has 0 saturated carbocycles. The lowest BCUT2D eigenvalue weighted by Crippen LogP contribution is -2.44. The Morgan fingerprint density at radius 2 is 1.86 bits per heavy atom. The molecule has 1 amide bonds. The minimum atomic E-state index is -0.405. The van der Waals surface area contributed by atoms with Gasteiger partial charge in [-0.1, -0.05) is 12.1 Å². The van der Waals surface area contributed by atoms with Crippen molar-refractivity contribution in [3.05, 3.63) is 35.2 Å². The zero-order valence-electron chi connectivity index (χ0n) is 12.0. The van der Waals surface area contributed by atoms with Gasteiger partial charge in [0.05, 0.1) is 5.69 Å². The highest BCUT2D eigenvalue weighted by Gasteiger charge is 2.17. The molecule has 1 fully saturated rings. The van der Waals surface area contributed by atoms with Crippen molar-refractivity contribution in [1.82, 2.24) is 9.88 Å². The van der Waals surface area contributed by atoms with Gasteiger partial charge in [-0.3, -0.25) is 4.79 Å². The van der Waals surface area contributed by atoms with Crippen molar-refractivity contribution >= 4 is 22.4 Å². The van der Waals surface area contributed by atoms with Crippen LogP contribution in [0, 0.1) is 0 Å². The second kappa shape index (κ2) is 5.83. The second-order valence-electron chi connectivity index (χ2n) is 5.25. The summed E-state index contributed by atoms with van der Waals surface area (Å²) in [6, 6.07) is 7.27. The van der Waals surface area contributed by atoms with Crippen LogP contribution in [-0.4, -0.2) is 49.0 Å². The first-order valence-corrected chi connectivity index (χ1v) is 7.81. The number of nitrogens with zero attached hydrogens (tertiary/aromatic N) is 3. The molecular formula is C15H18N4OS. The van der Waals surface area contributed by atoms with E-state index in [0.717, 1.165) is 42.6 Å². The molecule has 0 bridgehead atoms. The van der Waals surface area contributed by atoms with E-state index in [-0.39, 0.29) is 0 Å². The maximum absolute atomic E-state index is 11.1. The number of anilines is 1. The van der Waals surface area contributed by atoms with Crippen LogP contribution < -0.4 is 10.6 Å². The van der Waals surface area contributed by atoms with Crippen LogP contribution in [0.2, 0.25) is 0 Å². The Hall–Kier alpha value is -1.92. The van der Waals surface area contributed by atoms with Crippen LogP contribution in [0.5, 0.6) is 0 Å². The van der Waals surface area contributed by atoms with E-state index >= 15 is 0 Å². The van der Waals surface area contributed by atoms with Gasteiger partial charge in [-0.2, -0.15) is 0 Å². The number of hydrogen-bond donors (Lipinski definition) is 1. The van der Waals surface area contributed by atoms with E-state index in [0.29, 0.717) is 5.56 Å². The van der Waals surface area contributed by atoms with Crippen molar-refractivity contribution < 1.29 is 4.79 Å². The van der Waals surface area contributed by atoms with Crippen LogP contribution in [0.4, 0.5) is 5.13 Å². The highest BCUT2D eigenvalue weighted by Crippen LogP contribution is 2.28. The fourth-order valence-corrected chi connectivity index (χ4v) is 3.23. The molecule has 0 aliphatic carbocycles. The Bertz CT molecular complexity index is 629. The molecule has 5 nitrogen and oxygen atoms in total. The topological polar surface area (TPSA) is 62.5 Å². The molecule has 3 rings (SSSR count). The molecular weight excluding hydrogens is 284 g/mol. The van der Waals surface area contributed by atoms with Crippen LogP contribution in [0.3, 0.4) is 0 Å². The van der Waals surface area contributed by atoms with Crippen LogP contribution in [0.1, 0.15) is 10.4 Å². The van der Waals surface area contributed by atoms with E-state index in [9.17, 15) is 4.79 Å². The summed E-state index contributed by atoms with van der Waals surface area (Å²) >= 11 is 1.67. The largest absolute Gasteiger partial charge is 0.366 e. The Labute approximate surface area is 128 Å². The van der Waals surface area contributed by atoms with E-state index in [1.807, 2.05) is 12.1 Å². The van der Waals surface area contributed by atoms with Crippen molar-refractivity contribution in [2.75, 3.05) is 38.1 Å². The lowest BCUT2D eigenvalue weighted by molar-refractivity contribution is 0.100. The number of primary amides is 1. The van der Waals surface area contributed by atoms with Crippen LogP contribution in [-0.2, 0) is 0 Å². The number of thiazole rings is 1.